The van der Waals surface area contributed by atoms with E-state index in [0.29, 0.717) is 0 Å². The molecule has 5 heteroatoms. The highest BCUT2D eigenvalue weighted by molar-refractivity contribution is 5.14. The van der Waals surface area contributed by atoms with Gasteiger partial charge in [0.2, 0.25) is 0 Å². The Balaban J connectivity index is 1.26. The summed E-state index contributed by atoms with van der Waals surface area (Å²) in [6.45, 7) is 9.88. The van der Waals surface area contributed by atoms with Crippen LogP contribution in [-0.4, -0.2) is 52.4 Å². The molecule has 2 aromatic rings. The van der Waals surface area contributed by atoms with Crippen molar-refractivity contribution in [2.45, 2.75) is 13.1 Å². The Kier molecular flexibility index (Phi) is 12.2. The molecule has 0 aromatic heterocycles. The highest BCUT2D eigenvalue weighted by atomic mass is 15.0. The van der Waals surface area contributed by atoms with E-state index in [1.54, 1.807) is 0 Å². The Morgan fingerprint density at radius 1 is 0.370 bits per heavy atom. The lowest BCUT2D eigenvalue weighted by atomic mass is 10.2. The second-order valence-electron chi connectivity index (χ2n) is 6.57. The first-order valence-electron chi connectivity index (χ1n) is 10.1. The topological polar surface area (TPSA) is 60.1 Å². The molecule has 0 saturated carbocycles. The zero-order valence-corrected chi connectivity index (χ0v) is 16.3. The van der Waals surface area contributed by atoms with E-state index >= 15 is 0 Å². The molecule has 2 rings (SSSR count). The first-order chi connectivity index (χ1) is 13.4. The SMILES string of the molecule is c1ccc(CNCCNCCNCCNCCNCc2ccccc2)cc1. The largest absolute Gasteiger partial charge is 0.314 e. The predicted molar refractivity (Wildman–Crippen MR) is 115 cm³/mol. The monoisotopic (exact) mass is 369 g/mol. The summed E-state index contributed by atoms with van der Waals surface area (Å²) < 4.78 is 0. The van der Waals surface area contributed by atoms with Crippen molar-refractivity contribution in [3.63, 3.8) is 0 Å². The van der Waals surface area contributed by atoms with Gasteiger partial charge in [-0.1, -0.05) is 60.7 Å². The fourth-order valence-electron chi connectivity index (χ4n) is 2.74. The van der Waals surface area contributed by atoms with Crippen LogP contribution in [0.4, 0.5) is 0 Å². The van der Waals surface area contributed by atoms with Crippen LogP contribution in [-0.2, 0) is 13.1 Å². The van der Waals surface area contributed by atoms with E-state index in [1.165, 1.54) is 11.1 Å². The third kappa shape index (κ3) is 11.5. The molecule has 0 fully saturated rings. The van der Waals surface area contributed by atoms with E-state index in [2.05, 4.69) is 87.2 Å². The summed E-state index contributed by atoms with van der Waals surface area (Å²) >= 11 is 0. The molecule has 0 heterocycles. The average Bonchev–Trinajstić information content (AvgIpc) is 2.72. The zero-order valence-electron chi connectivity index (χ0n) is 16.3. The molecule has 0 atom stereocenters. The molecule has 0 saturated heterocycles. The normalized spacial score (nSPS) is 11.0. The third-order valence-electron chi connectivity index (χ3n) is 4.26. The molecule has 0 aliphatic rings. The first kappa shape index (κ1) is 21.5. The fourth-order valence-corrected chi connectivity index (χ4v) is 2.74. The van der Waals surface area contributed by atoms with Gasteiger partial charge < -0.3 is 26.6 Å². The van der Waals surface area contributed by atoms with Crippen molar-refractivity contribution >= 4 is 0 Å². The van der Waals surface area contributed by atoms with Crippen molar-refractivity contribution < 1.29 is 0 Å². The van der Waals surface area contributed by atoms with Crippen LogP contribution in [0.5, 0.6) is 0 Å². The van der Waals surface area contributed by atoms with Crippen LogP contribution < -0.4 is 26.6 Å². The van der Waals surface area contributed by atoms with Gasteiger partial charge in [0.05, 0.1) is 0 Å². The molecule has 0 amide bonds. The maximum Gasteiger partial charge on any atom is 0.0206 e. The van der Waals surface area contributed by atoms with Crippen molar-refractivity contribution in [3.8, 4) is 0 Å². The Labute approximate surface area is 164 Å². The molecule has 5 N–H and O–H groups in total. The van der Waals surface area contributed by atoms with Crippen LogP contribution in [0.1, 0.15) is 11.1 Å². The van der Waals surface area contributed by atoms with Gasteiger partial charge in [-0.2, -0.15) is 0 Å². The summed E-state index contributed by atoms with van der Waals surface area (Å²) in [5, 5.41) is 17.3. The van der Waals surface area contributed by atoms with Crippen LogP contribution in [0, 0.1) is 0 Å². The minimum Gasteiger partial charge on any atom is -0.314 e. The number of hydrogen-bond acceptors (Lipinski definition) is 5. The van der Waals surface area contributed by atoms with Crippen molar-refractivity contribution in [2.24, 2.45) is 0 Å². The van der Waals surface area contributed by atoms with Crippen LogP contribution in [0.15, 0.2) is 60.7 Å². The molecule has 2 aromatic carbocycles. The van der Waals surface area contributed by atoms with E-state index in [9.17, 15) is 0 Å². The molecule has 148 valence electrons. The number of hydrogen-bond donors (Lipinski definition) is 5. The molecular formula is C22H35N5. The maximum atomic E-state index is 3.45. The smallest absolute Gasteiger partial charge is 0.0206 e. The third-order valence-corrected chi connectivity index (χ3v) is 4.26. The van der Waals surface area contributed by atoms with Gasteiger partial charge in [0.1, 0.15) is 0 Å². The van der Waals surface area contributed by atoms with Crippen molar-refractivity contribution in [1.29, 1.82) is 0 Å². The summed E-state index contributed by atoms with van der Waals surface area (Å²) in [6, 6.07) is 21.0. The molecule has 0 bridgehead atoms. The summed E-state index contributed by atoms with van der Waals surface area (Å²) in [6.07, 6.45) is 0. The Morgan fingerprint density at radius 2 is 0.667 bits per heavy atom. The van der Waals surface area contributed by atoms with Gasteiger partial charge in [0.15, 0.2) is 0 Å². The Morgan fingerprint density at radius 3 is 1.00 bits per heavy atom. The van der Waals surface area contributed by atoms with Gasteiger partial charge in [-0.15, -0.1) is 0 Å². The minimum absolute atomic E-state index is 0.937. The molecule has 0 radical (unpaired) electrons. The van der Waals surface area contributed by atoms with Gasteiger partial charge in [0.25, 0.3) is 0 Å². The Bertz CT molecular complexity index is 510. The van der Waals surface area contributed by atoms with Gasteiger partial charge in [-0.25, -0.2) is 0 Å². The van der Waals surface area contributed by atoms with E-state index in [4.69, 9.17) is 0 Å². The number of nitrogens with one attached hydrogen (secondary N) is 5. The molecule has 0 unspecified atom stereocenters. The Hall–Kier alpha value is -1.76. The van der Waals surface area contributed by atoms with E-state index in [-0.39, 0.29) is 0 Å². The molecular weight excluding hydrogens is 334 g/mol. The van der Waals surface area contributed by atoms with Gasteiger partial charge in [0, 0.05) is 65.4 Å². The predicted octanol–water partition coefficient (Wildman–Crippen LogP) is 1.33. The lowest BCUT2D eigenvalue weighted by Gasteiger charge is -2.09. The van der Waals surface area contributed by atoms with Gasteiger partial charge >= 0.3 is 0 Å². The molecule has 0 spiro atoms. The zero-order chi connectivity index (χ0) is 18.8. The van der Waals surface area contributed by atoms with Crippen molar-refractivity contribution in [1.82, 2.24) is 26.6 Å². The number of rotatable bonds is 16. The maximum absolute atomic E-state index is 3.45. The van der Waals surface area contributed by atoms with Crippen LogP contribution >= 0.6 is 0 Å². The molecule has 0 aliphatic carbocycles. The standard InChI is InChI=1S/C22H35N5/c1-3-7-21(8-4-1)19-26-17-15-24-13-11-23-12-14-25-16-18-27-20-22-9-5-2-6-10-22/h1-10,23-27H,11-20H2. The lowest BCUT2D eigenvalue weighted by Crippen LogP contribution is -2.36. The van der Waals surface area contributed by atoms with Gasteiger partial charge in [-0.05, 0) is 11.1 Å². The minimum atomic E-state index is 0.937. The quantitative estimate of drug-likeness (QED) is 0.289. The van der Waals surface area contributed by atoms with E-state index in [0.717, 1.165) is 65.4 Å². The summed E-state index contributed by atoms with van der Waals surface area (Å²) in [4.78, 5) is 0. The fraction of sp³-hybridized carbons (Fsp3) is 0.455. The molecule has 0 aliphatic heterocycles. The van der Waals surface area contributed by atoms with Crippen LogP contribution in [0.3, 0.4) is 0 Å². The average molecular weight is 370 g/mol. The van der Waals surface area contributed by atoms with Crippen LogP contribution in [0.2, 0.25) is 0 Å². The van der Waals surface area contributed by atoms with E-state index < -0.39 is 0 Å². The second kappa shape index (κ2) is 15.3. The molecule has 27 heavy (non-hydrogen) atoms. The van der Waals surface area contributed by atoms with Crippen molar-refractivity contribution in [3.05, 3.63) is 71.8 Å². The summed E-state index contributed by atoms with van der Waals surface area (Å²) in [5.74, 6) is 0. The first-order valence-corrected chi connectivity index (χ1v) is 10.1. The highest BCUT2D eigenvalue weighted by Crippen LogP contribution is 1.97. The lowest BCUT2D eigenvalue weighted by molar-refractivity contribution is 0.557. The molecule has 5 nitrogen and oxygen atoms in total. The highest BCUT2D eigenvalue weighted by Gasteiger charge is 1.93. The number of benzene rings is 2. The van der Waals surface area contributed by atoms with E-state index in [1.807, 2.05) is 0 Å². The second-order valence-corrected chi connectivity index (χ2v) is 6.57. The van der Waals surface area contributed by atoms with Crippen LogP contribution in [0.25, 0.3) is 0 Å². The van der Waals surface area contributed by atoms with Crippen molar-refractivity contribution in [2.75, 3.05) is 52.4 Å². The van der Waals surface area contributed by atoms with Gasteiger partial charge in [-0.3, -0.25) is 0 Å². The summed E-state index contributed by atoms with van der Waals surface area (Å²) in [7, 11) is 0. The summed E-state index contributed by atoms with van der Waals surface area (Å²) in [5.41, 5.74) is 2.67.